The zero-order valence-electron chi connectivity index (χ0n) is 20.7. The van der Waals surface area contributed by atoms with Gasteiger partial charge in [-0.2, -0.15) is 0 Å². The molecule has 3 saturated heterocycles. The van der Waals surface area contributed by atoms with Crippen molar-refractivity contribution in [2.45, 2.75) is 70.6 Å². The largest absolute Gasteiger partial charge is 0.372 e. The van der Waals surface area contributed by atoms with Gasteiger partial charge in [0.1, 0.15) is 17.5 Å². The lowest BCUT2D eigenvalue weighted by molar-refractivity contribution is 0.0856. The molecule has 0 bridgehead atoms. The van der Waals surface area contributed by atoms with Crippen LogP contribution in [0.15, 0.2) is 12.1 Å². The quantitative estimate of drug-likeness (QED) is 0.496. The lowest BCUT2D eigenvalue weighted by Crippen LogP contribution is -2.46. The van der Waals surface area contributed by atoms with E-state index in [1.54, 1.807) is 0 Å². The van der Waals surface area contributed by atoms with Gasteiger partial charge in [0.15, 0.2) is 0 Å². The minimum atomic E-state index is 0.377. The number of nitrogens with zero attached hydrogens (tertiary/aromatic N) is 4. The third kappa shape index (κ3) is 5.16. The third-order valence-corrected chi connectivity index (χ3v) is 8.79. The van der Waals surface area contributed by atoms with Gasteiger partial charge in [0, 0.05) is 51.7 Å². The Bertz CT molecular complexity index is 811. The van der Waals surface area contributed by atoms with E-state index < -0.39 is 0 Å². The lowest BCUT2D eigenvalue weighted by atomic mass is 9.79. The highest BCUT2D eigenvalue weighted by molar-refractivity contribution is 6.01. The van der Waals surface area contributed by atoms with Gasteiger partial charge in [0.2, 0.25) is 0 Å². The standard InChI is InChI=1S/C27H44N6/c1-29-26-23(11-12-24(30-26)32-16-6-2-3-7-17-32)25(28)33-18-14-27(21-33)13-8-15-31(20-27)19-22-9-4-5-10-22/h11-12,22,28H,2-10,13-21H2,1H3,(H,29,30). The summed E-state index contributed by atoms with van der Waals surface area (Å²) in [6.07, 6.45) is 14.8. The molecule has 1 unspecified atom stereocenters. The number of aromatic nitrogens is 1. The maximum Gasteiger partial charge on any atom is 0.139 e. The molecule has 0 radical (unpaired) electrons. The summed E-state index contributed by atoms with van der Waals surface area (Å²) < 4.78 is 0. The second-order valence-corrected chi connectivity index (χ2v) is 11.2. The maximum absolute atomic E-state index is 9.07. The summed E-state index contributed by atoms with van der Waals surface area (Å²) in [5.74, 6) is 3.50. The normalized spacial score (nSPS) is 27.3. The molecule has 0 aromatic carbocycles. The monoisotopic (exact) mass is 452 g/mol. The predicted octanol–water partition coefficient (Wildman–Crippen LogP) is 4.81. The van der Waals surface area contributed by atoms with Crippen LogP contribution in [0.4, 0.5) is 11.6 Å². The van der Waals surface area contributed by atoms with Crippen molar-refractivity contribution < 1.29 is 0 Å². The highest BCUT2D eigenvalue weighted by atomic mass is 15.2. The van der Waals surface area contributed by atoms with Crippen LogP contribution in [0.2, 0.25) is 0 Å². The van der Waals surface area contributed by atoms with Gasteiger partial charge in [0.05, 0.1) is 5.56 Å². The summed E-state index contributed by atoms with van der Waals surface area (Å²) in [7, 11) is 1.94. The number of rotatable bonds is 5. The van der Waals surface area contributed by atoms with Crippen molar-refractivity contribution in [3.63, 3.8) is 0 Å². The fourth-order valence-corrected chi connectivity index (χ4v) is 6.96. The smallest absolute Gasteiger partial charge is 0.139 e. The Morgan fingerprint density at radius 3 is 2.52 bits per heavy atom. The van der Waals surface area contributed by atoms with E-state index in [-0.39, 0.29) is 0 Å². The molecule has 5 rings (SSSR count). The second-order valence-electron chi connectivity index (χ2n) is 11.2. The molecule has 33 heavy (non-hydrogen) atoms. The Balaban J connectivity index is 1.25. The molecule has 4 fully saturated rings. The Morgan fingerprint density at radius 1 is 0.970 bits per heavy atom. The molecule has 3 aliphatic heterocycles. The van der Waals surface area contributed by atoms with Crippen molar-refractivity contribution in [3.8, 4) is 0 Å². The lowest BCUT2D eigenvalue weighted by Gasteiger charge is -2.41. The molecule has 182 valence electrons. The first-order valence-electron chi connectivity index (χ1n) is 13.7. The molecule has 6 heteroatoms. The first kappa shape index (κ1) is 22.9. The van der Waals surface area contributed by atoms with Crippen molar-refractivity contribution in [2.24, 2.45) is 11.3 Å². The predicted molar refractivity (Wildman–Crippen MR) is 138 cm³/mol. The number of amidine groups is 1. The molecule has 4 heterocycles. The van der Waals surface area contributed by atoms with Crippen molar-refractivity contribution >= 4 is 17.5 Å². The van der Waals surface area contributed by atoms with Crippen molar-refractivity contribution in [2.75, 3.05) is 63.1 Å². The average molecular weight is 453 g/mol. The molecule has 1 aliphatic carbocycles. The van der Waals surface area contributed by atoms with E-state index in [4.69, 9.17) is 10.4 Å². The molecule has 1 aromatic rings. The van der Waals surface area contributed by atoms with Crippen molar-refractivity contribution in [3.05, 3.63) is 17.7 Å². The van der Waals surface area contributed by atoms with Crippen LogP contribution in [0.3, 0.4) is 0 Å². The summed E-state index contributed by atoms with van der Waals surface area (Å²) in [6.45, 7) is 8.06. The number of hydrogen-bond acceptors (Lipinski definition) is 5. The van der Waals surface area contributed by atoms with E-state index in [9.17, 15) is 0 Å². The fourth-order valence-electron chi connectivity index (χ4n) is 6.96. The van der Waals surface area contributed by atoms with Gasteiger partial charge in [-0.25, -0.2) is 4.98 Å². The van der Waals surface area contributed by atoms with Gasteiger partial charge >= 0.3 is 0 Å². The zero-order chi connectivity index (χ0) is 22.7. The van der Waals surface area contributed by atoms with Crippen LogP contribution in [0, 0.1) is 16.7 Å². The van der Waals surface area contributed by atoms with Gasteiger partial charge in [0.25, 0.3) is 0 Å². The Labute approximate surface area is 200 Å². The molecular formula is C27H44N6. The molecule has 0 amide bonds. The Kier molecular flexibility index (Phi) is 7.10. The van der Waals surface area contributed by atoms with Crippen LogP contribution < -0.4 is 10.2 Å². The molecule has 1 aromatic heterocycles. The minimum Gasteiger partial charge on any atom is -0.372 e. The number of nitrogens with one attached hydrogen (secondary N) is 2. The zero-order valence-corrected chi connectivity index (χ0v) is 20.7. The van der Waals surface area contributed by atoms with Gasteiger partial charge in [-0.1, -0.05) is 25.7 Å². The fraction of sp³-hybridized carbons (Fsp3) is 0.778. The van der Waals surface area contributed by atoms with Crippen LogP contribution in [0.1, 0.15) is 76.2 Å². The van der Waals surface area contributed by atoms with E-state index in [1.165, 1.54) is 90.3 Å². The summed E-state index contributed by atoms with van der Waals surface area (Å²) in [4.78, 5) is 12.5. The molecule has 1 atom stereocenters. The summed E-state index contributed by atoms with van der Waals surface area (Å²) in [6, 6.07) is 4.28. The first-order chi connectivity index (χ1) is 16.2. The topological polar surface area (TPSA) is 58.5 Å². The Hall–Kier alpha value is -1.82. The molecule has 1 saturated carbocycles. The summed E-state index contributed by atoms with van der Waals surface area (Å²) >= 11 is 0. The summed E-state index contributed by atoms with van der Waals surface area (Å²) in [5.41, 5.74) is 1.33. The maximum atomic E-state index is 9.07. The number of pyridine rings is 1. The third-order valence-electron chi connectivity index (χ3n) is 8.79. The van der Waals surface area contributed by atoms with Crippen LogP contribution in [-0.2, 0) is 0 Å². The van der Waals surface area contributed by atoms with Crippen LogP contribution >= 0.6 is 0 Å². The van der Waals surface area contributed by atoms with Crippen molar-refractivity contribution in [1.29, 1.82) is 5.41 Å². The first-order valence-corrected chi connectivity index (χ1v) is 13.7. The van der Waals surface area contributed by atoms with E-state index in [2.05, 4.69) is 32.1 Å². The number of likely N-dealkylation sites (tertiary alicyclic amines) is 2. The highest BCUT2D eigenvalue weighted by Crippen LogP contribution is 2.40. The van der Waals surface area contributed by atoms with Gasteiger partial charge < -0.3 is 20.0 Å². The number of piperidine rings is 1. The average Bonchev–Trinajstić information content (AvgIpc) is 3.40. The van der Waals surface area contributed by atoms with E-state index >= 15 is 0 Å². The highest BCUT2D eigenvalue weighted by Gasteiger charge is 2.42. The van der Waals surface area contributed by atoms with Gasteiger partial charge in [-0.05, 0) is 69.5 Å². The summed E-state index contributed by atoms with van der Waals surface area (Å²) in [5, 5.41) is 12.4. The molecular weight excluding hydrogens is 408 g/mol. The molecule has 2 N–H and O–H groups in total. The van der Waals surface area contributed by atoms with Crippen LogP contribution in [0.5, 0.6) is 0 Å². The molecule has 6 nitrogen and oxygen atoms in total. The molecule has 4 aliphatic rings. The SMILES string of the molecule is CNc1nc(N2CCCCCC2)ccc1C(=N)N1CCC2(CCCN(CC3CCCC3)C2)C1. The number of anilines is 2. The van der Waals surface area contributed by atoms with Crippen LogP contribution in [0.25, 0.3) is 0 Å². The van der Waals surface area contributed by atoms with E-state index in [0.717, 1.165) is 49.3 Å². The Morgan fingerprint density at radius 2 is 1.76 bits per heavy atom. The van der Waals surface area contributed by atoms with E-state index in [1.807, 2.05) is 7.05 Å². The van der Waals surface area contributed by atoms with Crippen LogP contribution in [-0.4, -0.2) is 73.5 Å². The van der Waals surface area contributed by atoms with Gasteiger partial charge in [-0.3, -0.25) is 5.41 Å². The molecule has 1 spiro atoms. The van der Waals surface area contributed by atoms with Crippen molar-refractivity contribution in [1.82, 2.24) is 14.8 Å². The number of hydrogen-bond donors (Lipinski definition) is 2. The second kappa shape index (κ2) is 10.2. The van der Waals surface area contributed by atoms with Gasteiger partial charge in [-0.15, -0.1) is 0 Å². The minimum absolute atomic E-state index is 0.377. The van der Waals surface area contributed by atoms with E-state index in [0.29, 0.717) is 11.3 Å².